The van der Waals surface area contributed by atoms with Crippen molar-refractivity contribution in [1.82, 2.24) is 0 Å². The molecule has 10 heteroatoms. The highest BCUT2D eigenvalue weighted by atomic mass is 35.5. The molecular weight excluding hydrogens is 480 g/mol. The highest BCUT2D eigenvalue weighted by Gasteiger charge is 2.40. The van der Waals surface area contributed by atoms with Crippen LogP contribution in [-0.4, -0.2) is 33.6 Å². The van der Waals surface area contributed by atoms with Crippen LogP contribution in [-0.2, 0) is 19.4 Å². The quantitative estimate of drug-likeness (QED) is 0.584. The lowest BCUT2D eigenvalue weighted by atomic mass is 10.1. The van der Waals surface area contributed by atoms with Gasteiger partial charge in [0.15, 0.2) is 21.3 Å². The fourth-order valence-electron chi connectivity index (χ4n) is 4.05. The molecule has 0 bridgehead atoms. The van der Waals surface area contributed by atoms with Gasteiger partial charge in [0.2, 0.25) is 18.6 Å². The van der Waals surface area contributed by atoms with Crippen molar-refractivity contribution in [3.63, 3.8) is 0 Å². The zero-order valence-electron chi connectivity index (χ0n) is 17.7. The second-order valence-electron chi connectivity index (χ2n) is 7.85. The van der Waals surface area contributed by atoms with Gasteiger partial charge >= 0.3 is 0 Å². The molecule has 2 aliphatic rings. The molecular formula is C24H19ClN2O6S. The molecule has 0 aliphatic carbocycles. The van der Waals surface area contributed by atoms with Gasteiger partial charge in [0, 0.05) is 17.1 Å². The summed E-state index contributed by atoms with van der Waals surface area (Å²) in [5.41, 5.74) is 1.10. The Hall–Kier alpha value is -3.56. The van der Waals surface area contributed by atoms with Gasteiger partial charge in [-0.25, -0.2) is 8.42 Å². The maximum atomic E-state index is 13.7. The highest BCUT2D eigenvalue weighted by Crippen LogP contribution is 2.43. The van der Waals surface area contributed by atoms with Crippen molar-refractivity contribution < 1.29 is 27.5 Å². The second kappa shape index (κ2) is 8.66. The lowest BCUT2D eigenvalue weighted by molar-refractivity contribution is -0.121. The average Bonchev–Trinajstić information content (AvgIpc) is 3.27. The normalized spacial score (nSPS) is 18.2. The van der Waals surface area contributed by atoms with Gasteiger partial charge in [-0.1, -0.05) is 29.8 Å². The van der Waals surface area contributed by atoms with E-state index in [4.69, 9.17) is 21.1 Å². The van der Waals surface area contributed by atoms with Crippen LogP contribution in [0.2, 0.25) is 5.02 Å². The summed E-state index contributed by atoms with van der Waals surface area (Å²) in [6, 6.07) is 17.6. The molecule has 3 aromatic rings. The molecule has 0 radical (unpaired) electrons. The topological polar surface area (TPSA) is 102 Å². The molecule has 174 valence electrons. The van der Waals surface area contributed by atoms with Crippen LogP contribution in [0.5, 0.6) is 11.5 Å². The van der Waals surface area contributed by atoms with Gasteiger partial charge in [-0.3, -0.25) is 9.59 Å². The standard InChI is InChI=1S/C24H19ClN2O6S/c25-16-6-8-17(9-7-16)26-23(28)13-27-18-3-1-2-4-21(18)34(30,31)22(12-24(27)29)15-5-10-19-20(11-15)33-14-32-19/h1-11,22H,12-14H2,(H,26,28). The molecule has 0 saturated carbocycles. The first-order valence-corrected chi connectivity index (χ1v) is 12.3. The lowest BCUT2D eigenvalue weighted by Gasteiger charge is -2.21. The Kier molecular flexibility index (Phi) is 5.66. The highest BCUT2D eigenvalue weighted by molar-refractivity contribution is 7.92. The number of nitrogens with one attached hydrogen (secondary N) is 1. The van der Waals surface area contributed by atoms with Crippen LogP contribution >= 0.6 is 11.6 Å². The average molecular weight is 499 g/mol. The first-order chi connectivity index (χ1) is 16.3. The van der Waals surface area contributed by atoms with Crippen molar-refractivity contribution in [2.45, 2.75) is 16.6 Å². The van der Waals surface area contributed by atoms with E-state index in [9.17, 15) is 18.0 Å². The third-order valence-electron chi connectivity index (χ3n) is 5.70. The fourth-order valence-corrected chi connectivity index (χ4v) is 6.09. The first kappa shape index (κ1) is 22.2. The number of ether oxygens (including phenoxy) is 2. The van der Waals surface area contributed by atoms with E-state index in [1.807, 2.05) is 0 Å². The molecule has 2 heterocycles. The van der Waals surface area contributed by atoms with Crippen LogP contribution in [0, 0.1) is 0 Å². The van der Waals surface area contributed by atoms with Gasteiger partial charge < -0.3 is 19.7 Å². The SMILES string of the molecule is O=C(CN1C(=O)CC(c2ccc3c(c2)OCO3)S(=O)(=O)c2ccccc21)Nc1ccc(Cl)cc1. The largest absolute Gasteiger partial charge is 0.454 e. The van der Waals surface area contributed by atoms with Crippen LogP contribution in [0.25, 0.3) is 0 Å². The van der Waals surface area contributed by atoms with Gasteiger partial charge in [0.05, 0.1) is 15.8 Å². The Morgan fingerprint density at radius 2 is 1.76 bits per heavy atom. The van der Waals surface area contributed by atoms with E-state index in [-0.39, 0.29) is 30.3 Å². The first-order valence-electron chi connectivity index (χ1n) is 10.4. The van der Waals surface area contributed by atoms with Crippen molar-refractivity contribution >= 4 is 44.6 Å². The minimum Gasteiger partial charge on any atom is -0.454 e. The molecule has 0 aromatic heterocycles. The Morgan fingerprint density at radius 1 is 1.03 bits per heavy atom. The van der Waals surface area contributed by atoms with Gasteiger partial charge in [-0.2, -0.15) is 0 Å². The third-order valence-corrected chi connectivity index (χ3v) is 8.09. The fraction of sp³-hybridized carbons (Fsp3) is 0.167. The number of rotatable bonds is 4. The van der Waals surface area contributed by atoms with E-state index < -0.39 is 26.9 Å². The minimum atomic E-state index is -3.96. The number of hydrogen-bond donors (Lipinski definition) is 1. The molecule has 5 rings (SSSR count). The number of carbonyl (C=O) groups excluding carboxylic acids is 2. The number of benzene rings is 3. The number of hydrogen-bond acceptors (Lipinski definition) is 6. The van der Waals surface area contributed by atoms with E-state index in [1.165, 1.54) is 17.0 Å². The van der Waals surface area contributed by atoms with Crippen LogP contribution in [0.15, 0.2) is 71.6 Å². The number of fused-ring (bicyclic) bond motifs is 2. The maximum absolute atomic E-state index is 13.7. The Labute approximate surface area is 201 Å². The zero-order valence-corrected chi connectivity index (χ0v) is 19.3. The van der Waals surface area contributed by atoms with Crippen molar-refractivity contribution in [3.8, 4) is 11.5 Å². The number of carbonyl (C=O) groups is 2. The number of anilines is 2. The summed E-state index contributed by atoms with van der Waals surface area (Å²) in [5, 5.41) is 2.09. The molecule has 2 aliphatic heterocycles. The van der Waals surface area contributed by atoms with Gasteiger partial charge in [-0.05, 0) is 54.1 Å². The van der Waals surface area contributed by atoms with E-state index in [0.29, 0.717) is 27.8 Å². The second-order valence-corrected chi connectivity index (χ2v) is 10.4. The number of halogens is 1. The molecule has 0 spiro atoms. The van der Waals surface area contributed by atoms with Gasteiger partial charge in [-0.15, -0.1) is 0 Å². The zero-order chi connectivity index (χ0) is 23.9. The molecule has 0 fully saturated rings. The number of sulfone groups is 1. The van der Waals surface area contributed by atoms with Crippen molar-refractivity contribution in [2.75, 3.05) is 23.6 Å². The molecule has 1 N–H and O–H groups in total. The van der Waals surface area contributed by atoms with Crippen molar-refractivity contribution in [1.29, 1.82) is 0 Å². The molecule has 8 nitrogen and oxygen atoms in total. The molecule has 34 heavy (non-hydrogen) atoms. The smallest absolute Gasteiger partial charge is 0.244 e. The molecule has 0 saturated heterocycles. The van der Waals surface area contributed by atoms with E-state index in [1.54, 1.807) is 54.6 Å². The van der Waals surface area contributed by atoms with Crippen LogP contribution in [0.4, 0.5) is 11.4 Å². The summed E-state index contributed by atoms with van der Waals surface area (Å²) in [4.78, 5) is 27.3. The Morgan fingerprint density at radius 3 is 2.56 bits per heavy atom. The predicted molar refractivity (Wildman–Crippen MR) is 126 cm³/mol. The van der Waals surface area contributed by atoms with E-state index >= 15 is 0 Å². The summed E-state index contributed by atoms with van der Waals surface area (Å²) in [6.45, 7) is -0.295. The maximum Gasteiger partial charge on any atom is 0.244 e. The monoisotopic (exact) mass is 498 g/mol. The molecule has 1 unspecified atom stereocenters. The number of nitrogens with zero attached hydrogens (tertiary/aromatic N) is 1. The molecule has 3 aromatic carbocycles. The Bertz CT molecular complexity index is 1390. The van der Waals surface area contributed by atoms with Crippen LogP contribution in [0.3, 0.4) is 0 Å². The third kappa shape index (κ3) is 4.08. The van der Waals surface area contributed by atoms with E-state index in [0.717, 1.165) is 0 Å². The van der Waals surface area contributed by atoms with Gasteiger partial charge in [0.25, 0.3) is 0 Å². The van der Waals surface area contributed by atoms with Crippen molar-refractivity contribution in [3.05, 3.63) is 77.3 Å². The summed E-state index contributed by atoms with van der Waals surface area (Å²) < 4.78 is 38.0. The van der Waals surface area contributed by atoms with Gasteiger partial charge in [0.1, 0.15) is 6.54 Å². The summed E-state index contributed by atoms with van der Waals surface area (Å²) in [5.74, 6) is -0.00859. The minimum absolute atomic E-state index is 0.0113. The summed E-state index contributed by atoms with van der Waals surface area (Å²) in [7, 11) is -3.96. The number of para-hydroxylation sites is 1. The predicted octanol–water partition coefficient (Wildman–Crippen LogP) is 3.96. The molecule has 2 amide bonds. The van der Waals surface area contributed by atoms with E-state index in [2.05, 4.69) is 5.32 Å². The van der Waals surface area contributed by atoms with Crippen LogP contribution in [0.1, 0.15) is 17.2 Å². The Balaban J connectivity index is 1.49. The van der Waals surface area contributed by atoms with Crippen molar-refractivity contribution in [2.24, 2.45) is 0 Å². The van der Waals surface area contributed by atoms with Crippen LogP contribution < -0.4 is 19.7 Å². The summed E-state index contributed by atoms with van der Waals surface area (Å²) in [6.07, 6.45) is -0.328. The lowest BCUT2D eigenvalue weighted by Crippen LogP contribution is -2.38. The number of amides is 2. The summed E-state index contributed by atoms with van der Waals surface area (Å²) >= 11 is 5.88. The molecule has 1 atom stereocenters.